The fraction of sp³-hybridized carbons (Fsp3) is 0.375. The molecule has 5 heteroatoms. The Hall–Kier alpha value is -2.14. The van der Waals surface area contributed by atoms with Crippen molar-refractivity contribution in [2.45, 2.75) is 26.3 Å². The van der Waals surface area contributed by atoms with Crippen LogP contribution in [0.15, 0.2) is 36.4 Å². The van der Waals surface area contributed by atoms with E-state index in [1.165, 1.54) is 0 Å². The van der Waals surface area contributed by atoms with Gasteiger partial charge in [-0.25, -0.2) is 9.97 Å². The van der Waals surface area contributed by atoms with Crippen LogP contribution in [0.4, 0.5) is 11.6 Å². The van der Waals surface area contributed by atoms with Crippen molar-refractivity contribution in [3.05, 3.63) is 36.4 Å². The number of rotatable bonds is 7. The summed E-state index contributed by atoms with van der Waals surface area (Å²) in [5.41, 5.74) is 0.970. The van der Waals surface area contributed by atoms with E-state index >= 15 is 0 Å². The van der Waals surface area contributed by atoms with Crippen molar-refractivity contribution in [2.24, 2.45) is 0 Å². The van der Waals surface area contributed by atoms with Gasteiger partial charge in [-0.1, -0.05) is 37.3 Å². The second-order valence-electron chi connectivity index (χ2n) is 4.79. The van der Waals surface area contributed by atoms with Crippen molar-refractivity contribution < 1.29 is 5.11 Å². The molecule has 3 N–H and O–H groups in total. The highest BCUT2D eigenvalue weighted by atomic mass is 16.3. The molecule has 2 rings (SSSR count). The van der Waals surface area contributed by atoms with Crippen LogP contribution in [0.25, 0.3) is 11.4 Å². The fourth-order valence-electron chi connectivity index (χ4n) is 2.00. The summed E-state index contributed by atoms with van der Waals surface area (Å²) in [6.07, 6.45) is 0.831. The van der Waals surface area contributed by atoms with E-state index in [9.17, 15) is 5.11 Å². The highest BCUT2D eigenvalue weighted by molar-refractivity contribution is 5.61. The standard InChI is InChI=1S/C16H22N4O/c1-3-13(11-21)18-15-10-14(17-4-2)19-16(20-15)12-8-6-5-7-9-12/h5-10,13,21H,3-4,11H2,1-2H3,(H2,17,18,19,20). The van der Waals surface area contributed by atoms with Gasteiger partial charge in [-0.2, -0.15) is 0 Å². The highest BCUT2D eigenvalue weighted by Crippen LogP contribution is 2.20. The summed E-state index contributed by atoms with van der Waals surface area (Å²) in [6.45, 7) is 4.93. The molecule has 21 heavy (non-hydrogen) atoms. The van der Waals surface area contributed by atoms with Crippen LogP contribution in [0.5, 0.6) is 0 Å². The van der Waals surface area contributed by atoms with E-state index in [-0.39, 0.29) is 12.6 Å². The van der Waals surface area contributed by atoms with Gasteiger partial charge < -0.3 is 15.7 Å². The Morgan fingerprint density at radius 3 is 2.43 bits per heavy atom. The minimum Gasteiger partial charge on any atom is -0.394 e. The summed E-state index contributed by atoms with van der Waals surface area (Å²) in [5.74, 6) is 2.17. The lowest BCUT2D eigenvalue weighted by molar-refractivity contribution is 0.271. The molecular formula is C16H22N4O. The molecule has 0 amide bonds. The second kappa shape index (κ2) is 7.59. The Kier molecular flexibility index (Phi) is 5.51. The molecule has 0 aliphatic carbocycles. The average molecular weight is 286 g/mol. The van der Waals surface area contributed by atoms with Crippen LogP contribution < -0.4 is 10.6 Å². The molecule has 1 unspecified atom stereocenters. The third-order valence-electron chi connectivity index (χ3n) is 3.18. The molecule has 0 aliphatic heterocycles. The topological polar surface area (TPSA) is 70.1 Å². The van der Waals surface area contributed by atoms with Crippen LogP contribution >= 0.6 is 0 Å². The number of hydrogen-bond acceptors (Lipinski definition) is 5. The normalized spacial score (nSPS) is 12.0. The lowest BCUT2D eigenvalue weighted by Crippen LogP contribution is -2.23. The zero-order chi connectivity index (χ0) is 15.1. The summed E-state index contributed by atoms with van der Waals surface area (Å²) in [6, 6.07) is 11.7. The van der Waals surface area contributed by atoms with Crippen LogP contribution in [0.3, 0.4) is 0 Å². The third kappa shape index (κ3) is 4.16. The maximum atomic E-state index is 9.32. The minimum absolute atomic E-state index is 0.00185. The number of aliphatic hydroxyl groups is 1. The Labute approximate surface area is 125 Å². The van der Waals surface area contributed by atoms with Crippen LogP contribution in [0.2, 0.25) is 0 Å². The van der Waals surface area contributed by atoms with E-state index in [1.54, 1.807) is 0 Å². The summed E-state index contributed by atoms with van der Waals surface area (Å²) >= 11 is 0. The molecule has 1 heterocycles. The Balaban J connectivity index is 2.34. The third-order valence-corrected chi connectivity index (χ3v) is 3.18. The van der Waals surface area contributed by atoms with Crippen LogP contribution in [-0.4, -0.2) is 34.3 Å². The maximum absolute atomic E-state index is 9.32. The minimum atomic E-state index is -0.00185. The molecule has 0 radical (unpaired) electrons. The molecular weight excluding hydrogens is 264 g/mol. The molecule has 5 nitrogen and oxygen atoms in total. The monoisotopic (exact) mass is 286 g/mol. The molecule has 0 saturated carbocycles. The first-order valence-electron chi connectivity index (χ1n) is 7.32. The molecule has 0 spiro atoms. The largest absolute Gasteiger partial charge is 0.394 e. The van der Waals surface area contributed by atoms with Gasteiger partial charge >= 0.3 is 0 Å². The van der Waals surface area contributed by atoms with Gasteiger partial charge in [0.25, 0.3) is 0 Å². The number of hydrogen-bond donors (Lipinski definition) is 3. The van der Waals surface area contributed by atoms with Crippen LogP contribution in [0.1, 0.15) is 20.3 Å². The number of aliphatic hydroxyl groups excluding tert-OH is 1. The van der Waals surface area contributed by atoms with Gasteiger partial charge in [0.1, 0.15) is 11.6 Å². The number of benzene rings is 1. The summed E-state index contributed by atoms with van der Waals surface area (Å²) in [7, 11) is 0. The Bertz CT molecular complexity index is 555. The summed E-state index contributed by atoms with van der Waals surface area (Å²) < 4.78 is 0. The van der Waals surface area contributed by atoms with Crippen molar-refractivity contribution >= 4 is 11.6 Å². The number of nitrogens with one attached hydrogen (secondary N) is 2. The first kappa shape index (κ1) is 15.3. The smallest absolute Gasteiger partial charge is 0.163 e. The van der Waals surface area contributed by atoms with Gasteiger partial charge in [-0.15, -0.1) is 0 Å². The molecule has 0 bridgehead atoms. The van der Waals surface area contributed by atoms with Crippen molar-refractivity contribution in [2.75, 3.05) is 23.8 Å². The Morgan fingerprint density at radius 2 is 1.81 bits per heavy atom. The average Bonchev–Trinajstić information content (AvgIpc) is 2.53. The number of nitrogens with zero attached hydrogens (tertiary/aromatic N) is 2. The highest BCUT2D eigenvalue weighted by Gasteiger charge is 2.10. The predicted molar refractivity (Wildman–Crippen MR) is 86.4 cm³/mol. The first-order chi connectivity index (χ1) is 10.3. The lowest BCUT2D eigenvalue weighted by Gasteiger charge is -2.16. The van der Waals surface area contributed by atoms with Gasteiger partial charge in [-0.05, 0) is 13.3 Å². The quantitative estimate of drug-likeness (QED) is 0.730. The second-order valence-corrected chi connectivity index (χ2v) is 4.79. The summed E-state index contributed by atoms with van der Waals surface area (Å²) in [5, 5.41) is 15.8. The van der Waals surface area contributed by atoms with E-state index < -0.39 is 0 Å². The van der Waals surface area contributed by atoms with Gasteiger partial charge in [-0.3, -0.25) is 0 Å². The van der Waals surface area contributed by atoms with Crippen molar-refractivity contribution in [3.63, 3.8) is 0 Å². The predicted octanol–water partition coefficient (Wildman–Crippen LogP) is 2.76. The molecule has 1 aromatic heterocycles. The zero-order valence-electron chi connectivity index (χ0n) is 12.5. The number of anilines is 2. The number of aromatic nitrogens is 2. The molecule has 0 fully saturated rings. The Morgan fingerprint density at radius 1 is 1.10 bits per heavy atom. The van der Waals surface area contributed by atoms with Gasteiger partial charge in [0.2, 0.25) is 0 Å². The molecule has 0 aliphatic rings. The van der Waals surface area contributed by atoms with Crippen LogP contribution in [-0.2, 0) is 0 Å². The zero-order valence-corrected chi connectivity index (χ0v) is 12.5. The van der Waals surface area contributed by atoms with Crippen molar-refractivity contribution in [1.29, 1.82) is 0 Å². The van der Waals surface area contributed by atoms with Gasteiger partial charge in [0.05, 0.1) is 12.6 Å². The molecule has 1 aromatic carbocycles. The van der Waals surface area contributed by atoms with E-state index in [0.29, 0.717) is 5.82 Å². The molecule has 2 aromatic rings. The van der Waals surface area contributed by atoms with E-state index in [2.05, 4.69) is 20.6 Å². The van der Waals surface area contributed by atoms with E-state index in [1.807, 2.05) is 50.2 Å². The van der Waals surface area contributed by atoms with E-state index in [0.717, 1.165) is 30.2 Å². The molecule has 1 atom stereocenters. The SMILES string of the molecule is CCNc1cc(NC(CC)CO)nc(-c2ccccc2)n1. The van der Waals surface area contributed by atoms with Crippen molar-refractivity contribution in [1.82, 2.24) is 9.97 Å². The fourth-order valence-corrected chi connectivity index (χ4v) is 2.00. The molecule has 0 saturated heterocycles. The lowest BCUT2D eigenvalue weighted by atomic mass is 10.2. The van der Waals surface area contributed by atoms with E-state index in [4.69, 9.17) is 0 Å². The van der Waals surface area contributed by atoms with Gasteiger partial charge in [0, 0.05) is 18.2 Å². The molecule has 112 valence electrons. The maximum Gasteiger partial charge on any atom is 0.163 e. The van der Waals surface area contributed by atoms with Crippen molar-refractivity contribution in [3.8, 4) is 11.4 Å². The van der Waals surface area contributed by atoms with Gasteiger partial charge in [0.15, 0.2) is 5.82 Å². The van der Waals surface area contributed by atoms with Crippen LogP contribution in [0, 0.1) is 0 Å². The first-order valence-corrected chi connectivity index (χ1v) is 7.32. The summed E-state index contributed by atoms with van der Waals surface area (Å²) in [4.78, 5) is 9.08.